The molecule has 0 aliphatic heterocycles. The van der Waals surface area contributed by atoms with Crippen molar-refractivity contribution in [1.82, 2.24) is 9.88 Å². The topological polar surface area (TPSA) is 45.2 Å². The van der Waals surface area contributed by atoms with Crippen LogP contribution in [0.25, 0.3) is 0 Å². The predicted octanol–water partition coefficient (Wildman–Crippen LogP) is 8.49. The van der Waals surface area contributed by atoms with Crippen molar-refractivity contribution in [2.24, 2.45) is 11.8 Å². The van der Waals surface area contributed by atoms with E-state index in [1.54, 1.807) is 11.8 Å². The number of anilines is 1. The van der Waals surface area contributed by atoms with Gasteiger partial charge in [0, 0.05) is 19.2 Å². The van der Waals surface area contributed by atoms with Crippen molar-refractivity contribution >= 4 is 34.1 Å². The molecular formula is C27H51N3OS2. The van der Waals surface area contributed by atoms with Crippen LogP contribution in [-0.2, 0) is 4.79 Å². The van der Waals surface area contributed by atoms with Gasteiger partial charge in [-0.1, -0.05) is 116 Å². The van der Waals surface area contributed by atoms with Crippen molar-refractivity contribution < 1.29 is 4.79 Å². The highest BCUT2D eigenvalue weighted by atomic mass is 32.2. The minimum Gasteiger partial charge on any atom is -0.303 e. The van der Waals surface area contributed by atoms with Crippen LogP contribution in [0, 0.1) is 11.8 Å². The van der Waals surface area contributed by atoms with Crippen LogP contribution in [0.3, 0.4) is 0 Å². The summed E-state index contributed by atoms with van der Waals surface area (Å²) in [6.07, 6.45) is 19.7. The van der Waals surface area contributed by atoms with E-state index in [9.17, 15) is 4.79 Å². The number of nitrogens with zero attached hydrogens (tertiary/aromatic N) is 2. The average Bonchev–Trinajstić information content (AvgIpc) is 3.25. The number of amides is 1. The lowest BCUT2D eigenvalue weighted by Gasteiger charge is -2.20. The first-order valence-electron chi connectivity index (χ1n) is 13.6. The zero-order valence-electron chi connectivity index (χ0n) is 22.2. The second kappa shape index (κ2) is 19.7. The number of carbonyl (C=O) groups excluding carboxylic acids is 1. The minimum absolute atomic E-state index is 0.0703. The number of thiazole rings is 1. The van der Waals surface area contributed by atoms with Crippen LogP contribution in [0.1, 0.15) is 112 Å². The van der Waals surface area contributed by atoms with Crippen molar-refractivity contribution in [3.8, 4) is 0 Å². The summed E-state index contributed by atoms with van der Waals surface area (Å²) in [6.45, 7) is 13.8. The maximum Gasteiger partial charge on any atom is 0.223 e. The van der Waals surface area contributed by atoms with Gasteiger partial charge in [-0.3, -0.25) is 4.79 Å². The van der Waals surface area contributed by atoms with E-state index in [1.807, 2.05) is 6.20 Å². The van der Waals surface area contributed by atoms with Crippen molar-refractivity contribution in [2.45, 2.75) is 116 Å². The standard InChI is InChI=1S/C11H19N3OS2.C9H18.C7H14/c1-4-14(5-2)6-7-16-10-8-12-11(17-10)13-9(3)15;1-2-6-9-7-4-3-5-8-9;1-7-5-3-2-4-6-7/h8H,4-7H2,1-3H3,(H,12,13,15);9H,2-8H2,1H3;7H,2-6H2,1H3. The number of rotatable bonds is 9. The molecule has 0 unspecified atom stereocenters. The van der Waals surface area contributed by atoms with Crippen LogP contribution in [-0.4, -0.2) is 41.2 Å². The average molecular weight is 498 g/mol. The monoisotopic (exact) mass is 497 g/mol. The number of nitrogens with one attached hydrogen (secondary N) is 1. The Morgan fingerprint density at radius 3 is 2.15 bits per heavy atom. The Hall–Kier alpha value is -0.590. The molecule has 0 radical (unpaired) electrons. The molecule has 4 nitrogen and oxygen atoms in total. The van der Waals surface area contributed by atoms with Crippen molar-refractivity contribution in [1.29, 1.82) is 0 Å². The molecule has 1 heterocycles. The van der Waals surface area contributed by atoms with E-state index in [0.29, 0.717) is 5.13 Å². The summed E-state index contributed by atoms with van der Waals surface area (Å²) in [5.74, 6) is 3.13. The maximum absolute atomic E-state index is 10.8. The first-order valence-corrected chi connectivity index (χ1v) is 15.4. The van der Waals surface area contributed by atoms with E-state index in [-0.39, 0.29) is 5.91 Å². The van der Waals surface area contributed by atoms with Gasteiger partial charge in [0.1, 0.15) is 0 Å². The Balaban J connectivity index is 0.000000282. The zero-order chi connectivity index (χ0) is 24.3. The van der Waals surface area contributed by atoms with Gasteiger partial charge in [0.2, 0.25) is 5.91 Å². The molecule has 33 heavy (non-hydrogen) atoms. The molecule has 2 aliphatic carbocycles. The number of hydrogen-bond donors (Lipinski definition) is 1. The SMILES string of the molecule is CC1CCCCC1.CCCC1CCCCC1.CCN(CC)CCSc1cnc(NC(C)=O)s1. The lowest BCUT2D eigenvalue weighted by Crippen LogP contribution is -2.25. The fourth-order valence-electron chi connectivity index (χ4n) is 4.54. The predicted molar refractivity (Wildman–Crippen MR) is 149 cm³/mol. The van der Waals surface area contributed by atoms with Gasteiger partial charge in [-0.05, 0) is 24.9 Å². The van der Waals surface area contributed by atoms with E-state index in [2.05, 4.69) is 42.9 Å². The van der Waals surface area contributed by atoms with Gasteiger partial charge in [-0.15, -0.1) is 11.8 Å². The van der Waals surface area contributed by atoms with Gasteiger partial charge < -0.3 is 10.2 Å². The van der Waals surface area contributed by atoms with Gasteiger partial charge in [-0.2, -0.15) is 0 Å². The normalized spacial score (nSPS) is 17.0. The molecule has 3 rings (SSSR count). The maximum atomic E-state index is 10.8. The molecule has 1 amide bonds. The second-order valence-electron chi connectivity index (χ2n) is 9.58. The molecule has 192 valence electrons. The Bertz CT molecular complexity index is 589. The lowest BCUT2D eigenvalue weighted by molar-refractivity contribution is -0.114. The summed E-state index contributed by atoms with van der Waals surface area (Å²) in [5, 5.41) is 3.37. The third-order valence-corrected chi connectivity index (χ3v) is 8.72. The highest BCUT2D eigenvalue weighted by Gasteiger charge is 2.11. The molecule has 0 atom stereocenters. The van der Waals surface area contributed by atoms with Crippen LogP contribution < -0.4 is 5.32 Å². The zero-order valence-corrected chi connectivity index (χ0v) is 23.8. The van der Waals surface area contributed by atoms with Crippen molar-refractivity contribution in [2.75, 3.05) is 30.7 Å². The van der Waals surface area contributed by atoms with E-state index in [0.717, 1.165) is 41.4 Å². The minimum atomic E-state index is -0.0703. The smallest absolute Gasteiger partial charge is 0.223 e. The molecule has 2 fully saturated rings. The molecular weight excluding hydrogens is 446 g/mol. The molecule has 0 bridgehead atoms. The molecule has 2 aliphatic rings. The van der Waals surface area contributed by atoms with Gasteiger partial charge in [0.25, 0.3) is 0 Å². The summed E-state index contributed by atoms with van der Waals surface area (Å²) in [4.78, 5) is 17.4. The van der Waals surface area contributed by atoms with E-state index in [4.69, 9.17) is 0 Å². The lowest BCUT2D eigenvalue weighted by atomic mass is 9.86. The Kier molecular flexibility index (Phi) is 18.2. The summed E-state index contributed by atoms with van der Waals surface area (Å²) >= 11 is 3.32. The highest BCUT2D eigenvalue weighted by Crippen LogP contribution is 2.28. The van der Waals surface area contributed by atoms with E-state index < -0.39 is 0 Å². The third-order valence-electron chi connectivity index (χ3n) is 6.63. The van der Waals surface area contributed by atoms with Gasteiger partial charge >= 0.3 is 0 Å². The van der Waals surface area contributed by atoms with Crippen molar-refractivity contribution in [3.63, 3.8) is 0 Å². The van der Waals surface area contributed by atoms with Crippen LogP contribution in [0.5, 0.6) is 0 Å². The summed E-state index contributed by atoms with van der Waals surface area (Å²) < 4.78 is 1.15. The van der Waals surface area contributed by atoms with Crippen molar-refractivity contribution in [3.05, 3.63) is 6.20 Å². The van der Waals surface area contributed by atoms with E-state index in [1.165, 1.54) is 95.3 Å². The molecule has 1 aromatic rings. The number of carbonyl (C=O) groups is 1. The molecule has 0 saturated heterocycles. The number of thioether (sulfide) groups is 1. The summed E-state index contributed by atoms with van der Waals surface area (Å²) in [6, 6.07) is 0. The molecule has 6 heteroatoms. The first-order chi connectivity index (χ1) is 16.0. The molecule has 1 N–H and O–H groups in total. The largest absolute Gasteiger partial charge is 0.303 e. The molecule has 0 aromatic carbocycles. The fraction of sp³-hybridized carbons (Fsp3) is 0.852. The molecule has 0 spiro atoms. The molecule has 2 saturated carbocycles. The highest BCUT2D eigenvalue weighted by molar-refractivity contribution is 8.01. The van der Waals surface area contributed by atoms with Crippen LogP contribution in [0.15, 0.2) is 10.4 Å². The molecule has 1 aromatic heterocycles. The first kappa shape index (κ1) is 30.4. The van der Waals surface area contributed by atoms with E-state index >= 15 is 0 Å². The van der Waals surface area contributed by atoms with Gasteiger partial charge in [0.15, 0.2) is 5.13 Å². The Morgan fingerprint density at radius 2 is 1.67 bits per heavy atom. The number of aromatic nitrogens is 1. The Labute approximate surface area is 213 Å². The van der Waals surface area contributed by atoms with Gasteiger partial charge in [-0.25, -0.2) is 4.98 Å². The Morgan fingerprint density at radius 1 is 1.06 bits per heavy atom. The van der Waals surface area contributed by atoms with Crippen LogP contribution in [0.2, 0.25) is 0 Å². The summed E-state index contributed by atoms with van der Waals surface area (Å²) in [7, 11) is 0. The second-order valence-corrected chi connectivity index (χ2v) is 12.0. The number of hydrogen-bond acceptors (Lipinski definition) is 5. The van der Waals surface area contributed by atoms with Crippen LogP contribution in [0.4, 0.5) is 5.13 Å². The quantitative estimate of drug-likeness (QED) is 0.347. The fourth-order valence-corrected chi connectivity index (χ4v) is 6.54. The summed E-state index contributed by atoms with van der Waals surface area (Å²) in [5.41, 5.74) is 0. The van der Waals surface area contributed by atoms with Gasteiger partial charge in [0.05, 0.1) is 10.4 Å². The third kappa shape index (κ3) is 15.8. The van der Waals surface area contributed by atoms with Crippen LogP contribution >= 0.6 is 23.1 Å².